The minimum atomic E-state index is -5.37. The van der Waals surface area contributed by atoms with E-state index in [0.717, 1.165) is 24.3 Å². The molecule has 0 radical (unpaired) electrons. The zero-order valence-corrected chi connectivity index (χ0v) is 11.0. The number of benzene rings is 2. The molecule has 0 aliphatic carbocycles. The molecule has 0 aliphatic heterocycles. The van der Waals surface area contributed by atoms with Crippen LogP contribution in [0.15, 0.2) is 29.2 Å². The largest absolute Gasteiger partial charge is 0.379 e. The highest BCUT2D eigenvalue weighted by atomic mass is 32.2. The van der Waals surface area contributed by atoms with E-state index in [4.69, 9.17) is 0 Å². The number of hydrogen-bond donors (Lipinski definition) is 0. The normalized spacial score (nSPS) is 11.5. The van der Waals surface area contributed by atoms with E-state index in [1.165, 1.54) is 0 Å². The van der Waals surface area contributed by atoms with Gasteiger partial charge in [0.25, 0.3) is 0 Å². The van der Waals surface area contributed by atoms with Crippen LogP contribution in [0.3, 0.4) is 0 Å². The summed E-state index contributed by atoms with van der Waals surface area (Å²) in [7, 11) is -5.37. The second kappa shape index (κ2) is 5.52. The summed E-state index contributed by atoms with van der Waals surface area (Å²) in [5.41, 5.74) is 0. The lowest BCUT2D eigenvalue weighted by Gasteiger charge is -2.10. The summed E-state index contributed by atoms with van der Waals surface area (Å²) in [6, 6.07) is 3.12. The lowest BCUT2D eigenvalue weighted by molar-refractivity contribution is 0.352. The minimum absolute atomic E-state index is 0.578. The number of halogens is 6. The maximum atomic E-state index is 13.4. The zero-order chi connectivity index (χ0) is 16.7. The SMILES string of the molecule is O=S(=O)(Oc1ccc(F)cc1)c1c(F)c(F)c(F)c(F)c1F. The van der Waals surface area contributed by atoms with Crippen LogP contribution in [-0.4, -0.2) is 8.42 Å². The molecule has 0 amide bonds. The first-order valence-corrected chi connectivity index (χ1v) is 6.77. The van der Waals surface area contributed by atoms with Crippen LogP contribution in [0.5, 0.6) is 5.75 Å². The molecule has 0 fully saturated rings. The number of hydrogen-bond acceptors (Lipinski definition) is 3. The molecule has 0 aromatic heterocycles. The summed E-state index contributed by atoms with van der Waals surface area (Å²) in [4.78, 5) is -2.13. The van der Waals surface area contributed by atoms with E-state index >= 15 is 0 Å². The Morgan fingerprint density at radius 2 is 1.09 bits per heavy atom. The molecule has 0 bridgehead atoms. The van der Waals surface area contributed by atoms with Crippen molar-refractivity contribution in [2.24, 2.45) is 0 Å². The molecule has 118 valence electrons. The predicted molar refractivity (Wildman–Crippen MR) is 60.4 cm³/mol. The molecule has 22 heavy (non-hydrogen) atoms. The average molecular weight is 342 g/mol. The molecule has 2 rings (SSSR count). The quantitative estimate of drug-likeness (QED) is 0.372. The van der Waals surface area contributed by atoms with Gasteiger partial charge in [0.2, 0.25) is 5.82 Å². The maximum Gasteiger partial charge on any atom is 0.345 e. The molecule has 10 heteroatoms. The van der Waals surface area contributed by atoms with E-state index in [9.17, 15) is 34.8 Å². The Labute approximate surface area is 119 Å². The van der Waals surface area contributed by atoms with Gasteiger partial charge >= 0.3 is 10.1 Å². The maximum absolute atomic E-state index is 13.4. The van der Waals surface area contributed by atoms with Gasteiger partial charge in [-0.25, -0.2) is 26.3 Å². The molecule has 0 spiro atoms. The van der Waals surface area contributed by atoms with Crippen LogP contribution in [0.2, 0.25) is 0 Å². The first kappa shape index (κ1) is 16.1. The van der Waals surface area contributed by atoms with E-state index in [-0.39, 0.29) is 0 Å². The van der Waals surface area contributed by atoms with Crippen LogP contribution in [0, 0.1) is 34.9 Å². The molecule has 0 saturated heterocycles. The van der Waals surface area contributed by atoms with Crippen LogP contribution in [0.1, 0.15) is 0 Å². The molecular formula is C12H4F6O3S. The monoisotopic (exact) mass is 342 g/mol. The van der Waals surface area contributed by atoms with Crippen molar-refractivity contribution in [3.8, 4) is 5.75 Å². The summed E-state index contributed by atoms with van der Waals surface area (Å²) in [6.07, 6.45) is 0. The van der Waals surface area contributed by atoms with E-state index in [1.807, 2.05) is 0 Å². The second-order valence-corrected chi connectivity index (χ2v) is 5.37. The second-order valence-electron chi connectivity index (χ2n) is 3.89. The van der Waals surface area contributed by atoms with Crippen LogP contribution in [0.25, 0.3) is 0 Å². The summed E-state index contributed by atoms with van der Waals surface area (Å²) < 4.78 is 106. The Kier molecular flexibility index (Phi) is 4.05. The lowest BCUT2D eigenvalue weighted by atomic mass is 10.3. The van der Waals surface area contributed by atoms with Crippen molar-refractivity contribution in [3.63, 3.8) is 0 Å². The molecule has 0 heterocycles. The third-order valence-electron chi connectivity index (χ3n) is 2.44. The van der Waals surface area contributed by atoms with Crippen molar-refractivity contribution in [1.29, 1.82) is 0 Å². The number of rotatable bonds is 3. The van der Waals surface area contributed by atoms with E-state index < -0.39 is 55.7 Å². The Balaban J connectivity index is 2.57. The van der Waals surface area contributed by atoms with Crippen LogP contribution < -0.4 is 4.18 Å². The highest BCUT2D eigenvalue weighted by molar-refractivity contribution is 7.87. The van der Waals surface area contributed by atoms with Gasteiger partial charge in [-0.2, -0.15) is 8.42 Å². The molecular weight excluding hydrogens is 338 g/mol. The molecule has 0 N–H and O–H groups in total. The fourth-order valence-electron chi connectivity index (χ4n) is 1.46. The molecule has 0 aliphatic rings. The predicted octanol–water partition coefficient (Wildman–Crippen LogP) is 3.29. The Morgan fingerprint density at radius 1 is 0.682 bits per heavy atom. The fraction of sp³-hybridized carbons (Fsp3) is 0. The standard InChI is InChI=1S/C12H4F6O3S/c13-5-1-3-6(4-2-5)21-22(19,20)12-10(17)8(15)7(14)9(16)11(12)18/h1-4H. The van der Waals surface area contributed by atoms with Gasteiger partial charge in [0, 0.05) is 0 Å². The van der Waals surface area contributed by atoms with E-state index in [2.05, 4.69) is 4.18 Å². The van der Waals surface area contributed by atoms with Crippen LogP contribution in [-0.2, 0) is 10.1 Å². The lowest BCUT2D eigenvalue weighted by Crippen LogP contribution is -2.17. The van der Waals surface area contributed by atoms with Gasteiger partial charge in [-0.05, 0) is 24.3 Å². The van der Waals surface area contributed by atoms with Gasteiger partial charge in [-0.1, -0.05) is 0 Å². The topological polar surface area (TPSA) is 43.4 Å². The van der Waals surface area contributed by atoms with Crippen LogP contribution >= 0.6 is 0 Å². The molecule has 0 unspecified atom stereocenters. The highest BCUT2D eigenvalue weighted by Crippen LogP contribution is 2.28. The Bertz CT molecular complexity index is 804. The summed E-state index contributed by atoms with van der Waals surface area (Å²) in [6.45, 7) is 0. The fourth-order valence-corrected chi connectivity index (χ4v) is 2.53. The van der Waals surface area contributed by atoms with Crippen LogP contribution in [0.4, 0.5) is 26.3 Å². The molecule has 3 nitrogen and oxygen atoms in total. The summed E-state index contributed by atoms with van der Waals surface area (Å²) >= 11 is 0. The zero-order valence-electron chi connectivity index (χ0n) is 10.2. The van der Waals surface area contributed by atoms with E-state index in [1.54, 1.807) is 0 Å². The van der Waals surface area contributed by atoms with Gasteiger partial charge in [0.05, 0.1) is 0 Å². The molecule has 0 atom stereocenters. The first-order chi connectivity index (χ1) is 10.1. The van der Waals surface area contributed by atoms with Gasteiger partial charge in [0.1, 0.15) is 11.6 Å². The first-order valence-electron chi connectivity index (χ1n) is 5.36. The van der Waals surface area contributed by atoms with Gasteiger partial charge < -0.3 is 4.18 Å². The Hall–Kier alpha value is -2.23. The van der Waals surface area contributed by atoms with Crippen molar-refractivity contribution in [3.05, 3.63) is 59.2 Å². The molecule has 2 aromatic rings. The van der Waals surface area contributed by atoms with Gasteiger partial charge in [0.15, 0.2) is 28.2 Å². The van der Waals surface area contributed by atoms with E-state index in [0.29, 0.717) is 0 Å². The summed E-state index contributed by atoms with van der Waals surface area (Å²) in [5.74, 6) is -13.8. The molecule has 2 aromatic carbocycles. The van der Waals surface area contributed by atoms with Crippen molar-refractivity contribution >= 4 is 10.1 Å². The third-order valence-corrected chi connectivity index (χ3v) is 3.71. The van der Waals surface area contributed by atoms with Gasteiger partial charge in [-0.3, -0.25) is 0 Å². The molecule has 0 saturated carbocycles. The third kappa shape index (κ3) is 2.73. The minimum Gasteiger partial charge on any atom is -0.379 e. The van der Waals surface area contributed by atoms with Gasteiger partial charge in [-0.15, -0.1) is 0 Å². The smallest absolute Gasteiger partial charge is 0.345 e. The average Bonchev–Trinajstić information content (AvgIpc) is 2.45. The highest BCUT2D eigenvalue weighted by Gasteiger charge is 2.35. The van der Waals surface area contributed by atoms with Crippen molar-refractivity contribution in [2.45, 2.75) is 4.90 Å². The summed E-state index contributed by atoms with van der Waals surface area (Å²) in [5, 5.41) is 0. The van der Waals surface area contributed by atoms with Crippen molar-refractivity contribution < 1.29 is 38.9 Å². The van der Waals surface area contributed by atoms with Crippen molar-refractivity contribution in [1.82, 2.24) is 0 Å². The Morgan fingerprint density at radius 3 is 1.55 bits per heavy atom. The van der Waals surface area contributed by atoms with Crippen molar-refractivity contribution in [2.75, 3.05) is 0 Å².